The molecule has 0 spiro atoms. The van der Waals surface area contributed by atoms with Gasteiger partial charge in [-0.15, -0.1) is 0 Å². The summed E-state index contributed by atoms with van der Waals surface area (Å²) < 4.78 is 5.77. The SMILES string of the molecule is CNC(=O)N1CC[C@H](Oc2cccc(Cl)c2)C1. The third-order valence-electron chi connectivity index (χ3n) is 2.74. The highest BCUT2D eigenvalue weighted by molar-refractivity contribution is 6.30. The third-order valence-corrected chi connectivity index (χ3v) is 2.98. The van der Waals surface area contributed by atoms with Gasteiger partial charge in [0.05, 0.1) is 6.54 Å². The molecule has 1 heterocycles. The molecule has 1 N–H and O–H groups in total. The predicted octanol–water partition coefficient (Wildman–Crippen LogP) is 2.13. The summed E-state index contributed by atoms with van der Waals surface area (Å²) >= 11 is 5.88. The number of nitrogens with zero attached hydrogens (tertiary/aromatic N) is 1. The molecule has 92 valence electrons. The van der Waals surface area contributed by atoms with E-state index in [2.05, 4.69) is 5.32 Å². The molecule has 0 saturated carbocycles. The summed E-state index contributed by atoms with van der Waals surface area (Å²) in [7, 11) is 1.63. The number of urea groups is 1. The van der Waals surface area contributed by atoms with Crippen molar-refractivity contribution in [3.05, 3.63) is 29.3 Å². The molecule has 1 aliphatic heterocycles. The van der Waals surface area contributed by atoms with Crippen molar-refractivity contribution in [2.24, 2.45) is 0 Å². The van der Waals surface area contributed by atoms with E-state index < -0.39 is 0 Å². The quantitative estimate of drug-likeness (QED) is 0.879. The second-order valence-electron chi connectivity index (χ2n) is 3.99. The van der Waals surface area contributed by atoms with Gasteiger partial charge in [-0.3, -0.25) is 0 Å². The first kappa shape index (κ1) is 12.0. The molecular formula is C12H15ClN2O2. The minimum absolute atomic E-state index is 0.0470. The summed E-state index contributed by atoms with van der Waals surface area (Å²) in [4.78, 5) is 13.1. The standard InChI is InChI=1S/C12H15ClN2O2/c1-14-12(16)15-6-5-11(8-15)17-10-4-2-3-9(13)7-10/h2-4,7,11H,5-6,8H2,1H3,(H,14,16)/t11-/m0/s1. The molecule has 17 heavy (non-hydrogen) atoms. The van der Waals surface area contributed by atoms with Crippen molar-refractivity contribution < 1.29 is 9.53 Å². The second-order valence-corrected chi connectivity index (χ2v) is 4.42. The van der Waals surface area contributed by atoms with Crippen molar-refractivity contribution >= 4 is 17.6 Å². The molecule has 0 radical (unpaired) electrons. The van der Waals surface area contributed by atoms with E-state index >= 15 is 0 Å². The Hall–Kier alpha value is -1.42. The molecule has 0 unspecified atom stereocenters. The van der Waals surface area contributed by atoms with Crippen molar-refractivity contribution in [2.75, 3.05) is 20.1 Å². The second kappa shape index (κ2) is 5.27. The molecule has 0 bridgehead atoms. The fraction of sp³-hybridized carbons (Fsp3) is 0.417. The molecule has 1 atom stereocenters. The first-order valence-electron chi connectivity index (χ1n) is 5.58. The highest BCUT2D eigenvalue weighted by Crippen LogP contribution is 2.21. The highest BCUT2D eigenvalue weighted by Gasteiger charge is 2.26. The molecule has 0 aromatic heterocycles. The van der Waals surface area contributed by atoms with Crippen LogP contribution in [0.15, 0.2) is 24.3 Å². The average molecular weight is 255 g/mol. The van der Waals surface area contributed by atoms with Crippen LogP contribution in [0.3, 0.4) is 0 Å². The summed E-state index contributed by atoms with van der Waals surface area (Å²) in [6.07, 6.45) is 0.894. The molecule has 2 amide bonds. The van der Waals surface area contributed by atoms with Crippen LogP contribution in [0.1, 0.15) is 6.42 Å². The molecular weight excluding hydrogens is 240 g/mol. The molecule has 1 fully saturated rings. The van der Waals surface area contributed by atoms with Gasteiger partial charge in [0.25, 0.3) is 0 Å². The van der Waals surface area contributed by atoms with Gasteiger partial charge in [-0.25, -0.2) is 4.79 Å². The molecule has 1 aliphatic rings. The number of likely N-dealkylation sites (tertiary alicyclic amines) is 1. The number of hydrogen-bond acceptors (Lipinski definition) is 2. The van der Waals surface area contributed by atoms with Crippen LogP contribution in [-0.2, 0) is 0 Å². The number of benzene rings is 1. The van der Waals surface area contributed by atoms with Crippen LogP contribution < -0.4 is 10.1 Å². The predicted molar refractivity (Wildman–Crippen MR) is 66.5 cm³/mol. The Morgan fingerprint density at radius 3 is 3.12 bits per heavy atom. The van der Waals surface area contributed by atoms with E-state index in [9.17, 15) is 4.79 Å². The van der Waals surface area contributed by atoms with Crippen LogP contribution in [0.5, 0.6) is 5.75 Å². The summed E-state index contributed by atoms with van der Waals surface area (Å²) in [6, 6.07) is 7.25. The van der Waals surface area contributed by atoms with Crippen LogP contribution in [-0.4, -0.2) is 37.2 Å². The normalized spacial score (nSPS) is 19.2. The molecule has 5 heteroatoms. The number of hydrogen-bond donors (Lipinski definition) is 1. The van der Waals surface area contributed by atoms with Gasteiger partial charge >= 0.3 is 6.03 Å². The van der Waals surface area contributed by atoms with Gasteiger partial charge in [0.2, 0.25) is 0 Å². The summed E-state index contributed by atoms with van der Waals surface area (Å²) in [6.45, 7) is 1.34. The Morgan fingerprint density at radius 1 is 1.59 bits per heavy atom. The summed E-state index contributed by atoms with van der Waals surface area (Å²) in [5, 5.41) is 3.27. The maximum atomic E-state index is 11.4. The average Bonchev–Trinajstić information content (AvgIpc) is 2.76. The van der Waals surface area contributed by atoms with Gasteiger partial charge in [0.1, 0.15) is 11.9 Å². The van der Waals surface area contributed by atoms with Gasteiger partial charge in [-0.05, 0) is 18.2 Å². The van der Waals surface area contributed by atoms with E-state index in [-0.39, 0.29) is 12.1 Å². The molecule has 1 saturated heterocycles. The zero-order valence-corrected chi connectivity index (χ0v) is 10.4. The minimum atomic E-state index is -0.0535. The Balaban J connectivity index is 1.92. The van der Waals surface area contributed by atoms with Crippen molar-refractivity contribution in [1.82, 2.24) is 10.2 Å². The maximum absolute atomic E-state index is 11.4. The summed E-state index contributed by atoms with van der Waals surface area (Å²) in [5.74, 6) is 0.751. The van der Waals surface area contributed by atoms with Crippen molar-refractivity contribution in [1.29, 1.82) is 0 Å². The Morgan fingerprint density at radius 2 is 2.41 bits per heavy atom. The number of nitrogens with one attached hydrogen (secondary N) is 1. The summed E-state index contributed by atoms with van der Waals surface area (Å²) in [5.41, 5.74) is 0. The van der Waals surface area contributed by atoms with Gasteiger partial charge in [-0.1, -0.05) is 17.7 Å². The largest absolute Gasteiger partial charge is 0.488 e. The van der Waals surface area contributed by atoms with Gasteiger partial charge in [0, 0.05) is 25.0 Å². The van der Waals surface area contributed by atoms with Gasteiger partial charge in [-0.2, -0.15) is 0 Å². The number of rotatable bonds is 2. The lowest BCUT2D eigenvalue weighted by Gasteiger charge is -2.16. The third kappa shape index (κ3) is 3.03. The number of carbonyl (C=O) groups excluding carboxylic acids is 1. The van der Waals surface area contributed by atoms with E-state index in [1.807, 2.05) is 12.1 Å². The van der Waals surface area contributed by atoms with E-state index in [0.29, 0.717) is 11.6 Å². The van der Waals surface area contributed by atoms with Crippen LogP contribution in [0, 0.1) is 0 Å². The minimum Gasteiger partial charge on any atom is -0.488 e. The fourth-order valence-corrected chi connectivity index (χ4v) is 2.08. The Kier molecular flexibility index (Phi) is 3.74. The number of ether oxygens (including phenoxy) is 1. The lowest BCUT2D eigenvalue weighted by Crippen LogP contribution is -2.37. The van der Waals surface area contributed by atoms with Crippen molar-refractivity contribution in [3.8, 4) is 5.75 Å². The first-order valence-corrected chi connectivity index (χ1v) is 5.95. The van der Waals surface area contributed by atoms with E-state index in [1.54, 1.807) is 24.1 Å². The molecule has 4 nitrogen and oxygen atoms in total. The van der Waals surface area contributed by atoms with E-state index in [0.717, 1.165) is 18.7 Å². The van der Waals surface area contributed by atoms with E-state index in [1.165, 1.54) is 0 Å². The van der Waals surface area contributed by atoms with Gasteiger partial charge < -0.3 is 15.0 Å². The van der Waals surface area contributed by atoms with Crippen molar-refractivity contribution in [3.63, 3.8) is 0 Å². The molecule has 0 aliphatic carbocycles. The topological polar surface area (TPSA) is 41.6 Å². The number of halogens is 1. The fourth-order valence-electron chi connectivity index (χ4n) is 1.90. The van der Waals surface area contributed by atoms with Gasteiger partial charge in [0.15, 0.2) is 0 Å². The Labute approximate surface area is 106 Å². The molecule has 1 aromatic rings. The lowest BCUT2D eigenvalue weighted by molar-refractivity contribution is 0.188. The van der Waals surface area contributed by atoms with Crippen LogP contribution in [0.2, 0.25) is 5.02 Å². The number of amides is 2. The lowest BCUT2D eigenvalue weighted by atomic mass is 10.3. The number of carbonyl (C=O) groups is 1. The van der Waals surface area contributed by atoms with Crippen molar-refractivity contribution in [2.45, 2.75) is 12.5 Å². The van der Waals surface area contributed by atoms with E-state index in [4.69, 9.17) is 16.3 Å². The highest BCUT2D eigenvalue weighted by atomic mass is 35.5. The monoisotopic (exact) mass is 254 g/mol. The van der Waals surface area contributed by atoms with Crippen LogP contribution >= 0.6 is 11.6 Å². The Bertz CT molecular complexity index is 411. The zero-order chi connectivity index (χ0) is 12.3. The zero-order valence-electron chi connectivity index (χ0n) is 9.65. The molecule has 1 aromatic carbocycles. The first-order chi connectivity index (χ1) is 8.19. The van der Waals surface area contributed by atoms with Crippen LogP contribution in [0.4, 0.5) is 4.79 Å². The van der Waals surface area contributed by atoms with Crippen LogP contribution in [0.25, 0.3) is 0 Å². The smallest absolute Gasteiger partial charge is 0.317 e. The maximum Gasteiger partial charge on any atom is 0.317 e. The molecule has 2 rings (SSSR count).